The van der Waals surface area contributed by atoms with E-state index in [9.17, 15) is 0 Å². The molecule has 2 aromatic carbocycles. The largest absolute Gasteiger partial charge is 0.0622 e. The fourth-order valence-corrected chi connectivity index (χ4v) is 1.38. The molecule has 0 unspecified atom stereocenters. The molecule has 0 saturated carbocycles. The summed E-state index contributed by atoms with van der Waals surface area (Å²) in [6, 6.07) is 17.4. The summed E-state index contributed by atoms with van der Waals surface area (Å²) in [6.45, 7) is -2.42. The normalized spacial score (nSPS) is 16.3. The number of benzene rings is 2. The molecule has 0 radical (unpaired) electrons. The van der Waals surface area contributed by atoms with E-state index < -0.39 is 12.7 Å². The first-order valence-corrected chi connectivity index (χ1v) is 4.57. The average molecular weight is 186 g/mol. The van der Waals surface area contributed by atoms with Gasteiger partial charge in [0.15, 0.2) is 0 Å². The molecule has 0 atom stereocenters. The third kappa shape index (κ3) is 1.85. The Bertz CT molecular complexity index is 463. The van der Waals surface area contributed by atoms with Gasteiger partial charge >= 0.3 is 0 Å². The van der Waals surface area contributed by atoms with Crippen LogP contribution >= 0.6 is 0 Å². The van der Waals surface area contributed by atoms with E-state index in [0.29, 0.717) is 11.1 Å². The zero-order valence-corrected chi connectivity index (χ0v) is 7.77. The monoisotopic (exact) mass is 186 g/mol. The molecule has 0 amide bonds. The molecule has 0 aromatic heterocycles. The quantitative estimate of drug-likeness (QED) is 0.668. The van der Waals surface area contributed by atoms with Gasteiger partial charge in [-0.25, -0.2) is 0 Å². The van der Waals surface area contributed by atoms with Crippen LogP contribution in [0.15, 0.2) is 60.7 Å². The van der Waals surface area contributed by atoms with Crippen LogP contribution in [0.1, 0.15) is 29.4 Å². The van der Waals surface area contributed by atoms with E-state index in [1.54, 1.807) is 48.5 Å². The van der Waals surface area contributed by atoms with E-state index in [1.807, 2.05) is 12.1 Å². The molecule has 70 valence electrons. The highest BCUT2D eigenvalue weighted by atomic mass is 14.1. The van der Waals surface area contributed by atoms with Gasteiger partial charge in [-0.2, -0.15) is 0 Å². The van der Waals surface area contributed by atoms with Crippen LogP contribution in [-0.4, -0.2) is 0 Å². The molecular formula is C14H14. The second-order valence-electron chi connectivity index (χ2n) is 3.11. The standard InChI is InChI=1S/C14H14/c1-12(13-8-4-2-5-9-13)14-10-6-3-7-11-14/h2-12H,1H3/i1D3,12D. The van der Waals surface area contributed by atoms with Crippen molar-refractivity contribution in [3.05, 3.63) is 71.8 Å². The fourth-order valence-electron chi connectivity index (χ4n) is 1.38. The first kappa shape index (κ1) is 5.35. The van der Waals surface area contributed by atoms with E-state index in [4.69, 9.17) is 5.48 Å². The van der Waals surface area contributed by atoms with E-state index in [0.717, 1.165) is 0 Å². The topological polar surface area (TPSA) is 0 Å². The van der Waals surface area contributed by atoms with Gasteiger partial charge in [-0.05, 0) is 11.1 Å². The Hall–Kier alpha value is -1.56. The van der Waals surface area contributed by atoms with Crippen molar-refractivity contribution in [1.29, 1.82) is 0 Å². The first-order chi connectivity index (χ1) is 8.46. The van der Waals surface area contributed by atoms with Crippen molar-refractivity contribution in [2.45, 2.75) is 12.7 Å². The fraction of sp³-hybridized carbons (Fsp3) is 0.143. The van der Waals surface area contributed by atoms with Crippen LogP contribution in [0.3, 0.4) is 0 Å². The third-order valence-electron chi connectivity index (χ3n) is 2.12. The van der Waals surface area contributed by atoms with Gasteiger partial charge in [0.2, 0.25) is 0 Å². The first-order valence-electron chi connectivity index (χ1n) is 6.57. The summed E-state index contributed by atoms with van der Waals surface area (Å²) in [4.78, 5) is 0. The predicted molar refractivity (Wildman–Crippen MR) is 60.4 cm³/mol. The Morgan fingerprint density at radius 3 is 1.64 bits per heavy atom. The number of hydrogen-bond donors (Lipinski definition) is 0. The Balaban J connectivity index is 2.63. The van der Waals surface area contributed by atoms with Gasteiger partial charge in [0.05, 0.1) is 0 Å². The van der Waals surface area contributed by atoms with Gasteiger partial charge in [-0.15, -0.1) is 0 Å². The lowest BCUT2D eigenvalue weighted by Crippen LogP contribution is -1.94. The zero-order chi connectivity index (χ0) is 13.2. The third-order valence-corrected chi connectivity index (χ3v) is 2.12. The molecule has 0 aliphatic rings. The van der Waals surface area contributed by atoms with E-state index in [-0.39, 0.29) is 0 Å². The van der Waals surface area contributed by atoms with Crippen molar-refractivity contribution in [3.8, 4) is 0 Å². The van der Waals surface area contributed by atoms with Crippen molar-refractivity contribution in [1.82, 2.24) is 0 Å². The van der Waals surface area contributed by atoms with Gasteiger partial charge in [0, 0.05) is 11.4 Å². The van der Waals surface area contributed by atoms with Gasteiger partial charge < -0.3 is 0 Å². The molecular weight excluding hydrogens is 168 g/mol. The van der Waals surface area contributed by atoms with Crippen LogP contribution in [-0.2, 0) is 0 Å². The van der Waals surface area contributed by atoms with Gasteiger partial charge in [-0.3, -0.25) is 0 Å². The van der Waals surface area contributed by atoms with Crippen LogP contribution < -0.4 is 0 Å². The second kappa shape index (κ2) is 4.10. The van der Waals surface area contributed by atoms with E-state index in [1.165, 1.54) is 0 Å². The molecule has 0 bridgehead atoms. The smallest absolute Gasteiger partial charge is 0.0399 e. The van der Waals surface area contributed by atoms with Crippen molar-refractivity contribution >= 4 is 0 Å². The van der Waals surface area contributed by atoms with Crippen molar-refractivity contribution in [3.63, 3.8) is 0 Å². The Kier molecular flexibility index (Phi) is 1.57. The average Bonchev–Trinajstić information content (AvgIpc) is 2.38. The lowest BCUT2D eigenvalue weighted by Gasteiger charge is -2.11. The molecule has 0 spiro atoms. The summed E-state index contributed by atoms with van der Waals surface area (Å²) in [6.07, 6.45) is 0. The molecule has 0 heterocycles. The van der Waals surface area contributed by atoms with Crippen LogP contribution in [0.4, 0.5) is 0 Å². The van der Waals surface area contributed by atoms with Crippen molar-refractivity contribution in [2.75, 3.05) is 0 Å². The van der Waals surface area contributed by atoms with Crippen LogP contribution in [0, 0.1) is 0 Å². The predicted octanol–water partition coefficient (Wildman–Crippen LogP) is 3.84. The summed E-state index contributed by atoms with van der Waals surface area (Å²) in [5.41, 5.74) is 0.965. The number of hydrogen-bond acceptors (Lipinski definition) is 0. The minimum absolute atomic E-state index is 0.483. The van der Waals surface area contributed by atoms with Gasteiger partial charge in [0.25, 0.3) is 0 Å². The summed E-state index contributed by atoms with van der Waals surface area (Å²) in [5.74, 6) is -1.73. The van der Waals surface area contributed by atoms with Crippen molar-refractivity contribution in [2.24, 2.45) is 0 Å². The van der Waals surface area contributed by atoms with Crippen molar-refractivity contribution < 1.29 is 5.48 Å². The molecule has 0 heteroatoms. The summed E-state index contributed by atoms with van der Waals surface area (Å²) in [7, 11) is 0. The maximum Gasteiger partial charge on any atom is 0.0399 e. The lowest BCUT2D eigenvalue weighted by atomic mass is 9.93. The Morgan fingerprint density at radius 1 is 0.857 bits per heavy atom. The van der Waals surface area contributed by atoms with Gasteiger partial charge in [0.1, 0.15) is 0 Å². The highest BCUT2D eigenvalue weighted by molar-refractivity contribution is 5.31. The zero-order valence-electron chi connectivity index (χ0n) is 11.8. The molecule has 0 aliphatic heterocycles. The maximum atomic E-state index is 8.49. The summed E-state index contributed by atoms with van der Waals surface area (Å²) >= 11 is 0. The SMILES string of the molecule is [2H]C([2H])([2H])C([2H])(c1ccccc1)c1ccccc1. The van der Waals surface area contributed by atoms with Crippen LogP contribution in [0.2, 0.25) is 0 Å². The maximum absolute atomic E-state index is 8.49. The Labute approximate surface area is 90.8 Å². The Morgan fingerprint density at radius 2 is 1.29 bits per heavy atom. The van der Waals surface area contributed by atoms with E-state index in [2.05, 4.69) is 0 Å². The van der Waals surface area contributed by atoms with Crippen LogP contribution in [0.25, 0.3) is 0 Å². The molecule has 2 rings (SSSR count). The molecule has 0 aliphatic carbocycles. The van der Waals surface area contributed by atoms with E-state index >= 15 is 0 Å². The summed E-state index contributed by atoms with van der Waals surface area (Å²) < 4.78 is 31.6. The molecule has 0 nitrogen and oxygen atoms in total. The lowest BCUT2D eigenvalue weighted by molar-refractivity contribution is 0.922. The molecule has 0 N–H and O–H groups in total. The molecule has 14 heavy (non-hydrogen) atoms. The number of rotatable bonds is 2. The highest BCUT2D eigenvalue weighted by Crippen LogP contribution is 2.22. The molecule has 2 aromatic rings. The van der Waals surface area contributed by atoms with Gasteiger partial charge in [-0.1, -0.05) is 67.5 Å². The minimum Gasteiger partial charge on any atom is -0.0622 e. The second-order valence-corrected chi connectivity index (χ2v) is 3.11. The van der Waals surface area contributed by atoms with Crippen LogP contribution in [0.5, 0.6) is 0 Å². The molecule has 0 saturated heterocycles. The summed E-state index contributed by atoms with van der Waals surface area (Å²) in [5, 5.41) is 0. The highest BCUT2D eigenvalue weighted by Gasteiger charge is 2.05. The minimum atomic E-state index is -2.42. The molecule has 0 fully saturated rings.